The lowest BCUT2D eigenvalue weighted by Crippen LogP contribution is -2.43. The Labute approximate surface area is 110 Å². The van der Waals surface area contributed by atoms with Crippen LogP contribution < -0.4 is 14.8 Å². The van der Waals surface area contributed by atoms with Crippen molar-refractivity contribution in [2.75, 3.05) is 39.4 Å². The number of phenols is 1. The first-order chi connectivity index (χ1) is 9.25. The molecule has 2 N–H and O–H groups in total. The molecule has 0 spiro atoms. The Bertz CT molecular complexity index is 475. The van der Waals surface area contributed by atoms with Crippen molar-refractivity contribution in [1.29, 1.82) is 0 Å². The lowest BCUT2D eigenvalue weighted by Gasteiger charge is -2.29. The summed E-state index contributed by atoms with van der Waals surface area (Å²) >= 11 is 0. The van der Waals surface area contributed by atoms with Crippen molar-refractivity contribution in [3.63, 3.8) is 0 Å². The van der Waals surface area contributed by atoms with Gasteiger partial charge in [-0.3, -0.25) is 4.90 Å². The van der Waals surface area contributed by atoms with Gasteiger partial charge in [-0.25, -0.2) is 4.39 Å². The van der Waals surface area contributed by atoms with Crippen molar-refractivity contribution >= 4 is 0 Å². The van der Waals surface area contributed by atoms with E-state index in [1.165, 1.54) is 6.07 Å². The van der Waals surface area contributed by atoms with Crippen LogP contribution in [0.5, 0.6) is 17.2 Å². The van der Waals surface area contributed by atoms with Crippen LogP contribution in [0, 0.1) is 5.82 Å². The van der Waals surface area contributed by atoms with Gasteiger partial charge in [-0.1, -0.05) is 0 Å². The van der Waals surface area contributed by atoms with Crippen LogP contribution in [-0.4, -0.2) is 49.4 Å². The monoisotopic (exact) mass is 268 g/mol. The molecule has 0 atom stereocenters. The van der Waals surface area contributed by atoms with Crippen molar-refractivity contribution in [2.45, 2.75) is 6.54 Å². The summed E-state index contributed by atoms with van der Waals surface area (Å²) in [6.45, 7) is 4.83. The molecule has 104 valence electrons. The second-order valence-corrected chi connectivity index (χ2v) is 4.74. The minimum Gasteiger partial charge on any atom is -0.504 e. The van der Waals surface area contributed by atoms with E-state index in [0.717, 1.165) is 26.2 Å². The summed E-state index contributed by atoms with van der Waals surface area (Å²) < 4.78 is 24.6. The van der Waals surface area contributed by atoms with E-state index in [-0.39, 0.29) is 5.75 Å². The van der Waals surface area contributed by atoms with Crippen LogP contribution in [0.2, 0.25) is 0 Å². The molecule has 5 nitrogen and oxygen atoms in total. The van der Waals surface area contributed by atoms with E-state index in [4.69, 9.17) is 9.47 Å². The molecule has 0 amide bonds. The van der Waals surface area contributed by atoms with E-state index in [2.05, 4.69) is 10.2 Å². The quantitative estimate of drug-likeness (QED) is 0.827. The average molecular weight is 268 g/mol. The molecule has 0 aromatic heterocycles. The Hall–Kier alpha value is -1.53. The first kappa shape index (κ1) is 12.5. The highest BCUT2D eigenvalue weighted by Gasteiger charge is 2.25. The third-order valence-electron chi connectivity index (χ3n) is 3.45. The van der Waals surface area contributed by atoms with Crippen molar-refractivity contribution in [2.24, 2.45) is 0 Å². The topological polar surface area (TPSA) is 54.0 Å². The van der Waals surface area contributed by atoms with Gasteiger partial charge in [0.2, 0.25) is 0 Å². The predicted octanol–water partition coefficient (Wildman–Crippen LogP) is 0.708. The van der Waals surface area contributed by atoms with E-state index in [9.17, 15) is 9.50 Å². The molecule has 2 aliphatic rings. The molecule has 0 saturated carbocycles. The average Bonchev–Trinajstić information content (AvgIpc) is 2.45. The summed E-state index contributed by atoms with van der Waals surface area (Å²) in [4.78, 5) is 2.16. The maximum absolute atomic E-state index is 13.7. The Morgan fingerprint density at radius 3 is 2.79 bits per heavy atom. The highest BCUT2D eigenvalue weighted by molar-refractivity contribution is 5.54. The molecule has 0 radical (unpaired) electrons. The van der Waals surface area contributed by atoms with Crippen molar-refractivity contribution in [3.8, 4) is 17.2 Å². The van der Waals surface area contributed by atoms with E-state index >= 15 is 0 Å². The zero-order valence-electron chi connectivity index (χ0n) is 10.6. The number of fused-ring (bicyclic) bond motifs is 1. The van der Waals surface area contributed by atoms with Gasteiger partial charge < -0.3 is 19.9 Å². The zero-order chi connectivity index (χ0) is 13.2. The maximum atomic E-state index is 13.7. The largest absolute Gasteiger partial charge is 0.504 e. The molecule has 19 heavy (non-hydrogen) atoms. The number of nitrogens with zero attached hydrogens (tertiary/aromatic N) is 1. The number of phenolic OH excluding ortho intramolecular Hbond substituents is 1. The molecular weight excluding hydrogens is 251 g/mol. The third kappa shape index (κ3) is 2.46. The second-order valence-electron chi connectivity index (χ2n) is 4.74. The van der Waals surface area contributed by atoms with E-state index in [0.29, 0.717) is 36.8 Å². The van der Waals surface area contributed by atoms with Crippen LogP contribution in [-0.2, 0) is 6.54 Å². The Morgan fingerprint density at radius 1 is 1.26 bits per heavy atom. The van der Waals surface area contributed by atoms with Crippen LogP contribution >= 0.6 is 0 Å². The molecule has 3 rings (SSSR count). The molecular formula is C13H17FN2O3. The molecule has 2 heterocycles. The summed E-state index contributed by atoms with van der Waals surface area (Å²) in [5.74, 6) is -0.132. The highest BCUT2D eigenvalue weighted by Crippen LogP contribution is 2.41. The van der Waals surface area contributed by atoms with Gasteiger partial charge >= 0.3 is 0 Å². The zero-order valence-corrected chi connectivity index (χ0v) is 10.6. The van der Waals surface area contributed by atoms with E-state index in [1.54, 1.807) is 0 Å². The van der Waals surface area contributed by atoms with Crippen molar-refractivity contribution < 1.29 is 19.0 Å². The van der Waals surface area contributed by atoms with Crippen LogP contribution in [0.3, 0.4) is 0 Å². The number of piperazine rings is 1. The number of hydrogen-bond donors (Lipinski definition) is 2. The fraction of sp³-hybridized carbons (Fsp3) is 0.538. The minimum absolute atomic E-state index is 0.331. The number of rotatable bonds is 2. The smallest absolute Gasteiger partial charge is 0.169 e. The lowest BCUT2D eigenvalue weighted by molar-refractivity contribution is 0.162. The van der Waals surface area contributed by atoms with E-state index in [1.807, 2.05) is 0 Å². The number of aromatic hydroxyl groups is 1. The molecule has 1 saturated heterocycles. The van der Waals surface area contributed by atoms with Gasteiger partial charge in [0.05, 0.1) is 5.56 Å². The fourth-order valence-corrected chi connectivity index (χ4v) is 2.45. The molecule has 0 unspecified atom stereocenters. The number of halogens is 1. The summed E-state index contributed by atoms with van der Waals surface area (Å²) in [6, 6.07) is 1.19. The second kappa shape index (κ2) is 5.22. The standard InChI is InChI=1S/C13H17FN2O3/c14-10-7-11-13(19-6-5-18-11)9(12(10)17)8-16-3-1-15-2-4-16/h7,15,17H,1-6,8H2. The lowest BCUT2D eigenvalue weighted by atomic mass is 10.1. The van der Waals surface area contributed by atoms with Crippen molar-refractivity contribution in [3.05, 3.63) is 17.4 Å². The first-order valence-electron chi connectivity index (χ1n) is 6.48. The Balaban J connectivity index is 1.91. The SMILES string of the molecule is Oc1c(F)cc2c(c1CN1CCNCC1)OCCO2. The van der Waals surface area contributed by atoms with Gasteiger partial charge in [-0.15, -0.1) is 0 Å². The summed E-state index contributed by atoms with van der Waals surface area (Å²) in [5, 5.41) is 13.2. The highest BCUT2D eigenvalue weighted by atomic mass is 19.1. The Morgan fingerprint density at radius 2 is 2.00 bits per heavy atom. The summed E-state index contributed by atoms with van der Waals surface area (Å²) in [7, 11) is 0. The van der Waals surface area contributed by atoms with Gasteiger partial charge in [0.1, 0.15) is 13.2 Å². The predicted molar refractivity (Wildman–Crippen MR) is 67.2 cm³/mol. The minimum atomic E-state index is -0.658. The normalized spacial score (nSPS) is 19.4. The molecule has 1 aromatic rings. The van der Waals surface area contributed by atoms with Crippen LogP contribution in [0.4, 0.5) is 4.39 Å². The third-order valence-corrected chi connectivity index (χ3v) is 3.45. The molecule has 0 aliphatic carbocycles. The van der Waals surface area contributed by atoms with Crippen LogP contribution in [0.15, 0.2) is 6.07 Å². The molecule has 6 heteroatoms. The molecule has 2 aliphatic heterocycles. The number of ether oxygens (including phenoxy) is 2. The number of benzene rings is 1. The van der Waals surface area contributed by atoms with Gasteiger partial charge in [-0.05, 0) is 0 Å². The van der Waals surface area contributed by atoms with Crippen LogP contribution in [0.1, 0.15) is 5.56 Å². The Kier molecular flexibility index (Phi) is 3.44. The molecule has 1 fully saturated rings. The van der Waals surface area contributed by atoms with Crippen molar-refractivity contribution in [1.82, 2.24) is 10.2 Å². The van der Waals surface area contributed by atoms with E-state index < -0.39 is 5.82 Å². The molecule has 0 bridgehead atoms. The maximum Gasteiger partial charge on any atom is 0.169 e. The summed E-state index contributed by atoms with van der Waals surface area (Å²) in [6.07, 6.45) is 0. The summed E-state index contributed by atoms with van der Waals surface area (Å²) in [5.41, 5.74) is 0.483. The van der Waals surface area contributed by atoms with Crippen LogP contribution in [0.25, 0.3) is 0 Å². The molecule has 1 aromatic carbocycles. The fourth-order valence-electron chi connectivity index (χ4n) is 2.45. The van der Waals surface area contributed by atoms with Gasteiger partial charge in [0.15, 0.2) is 23.1 Å². The number of nitrogens with one attached hydrogen (secondary N) is 1. The van der Waals surface area contributed by atoms with Gasteiger partial charge in [0, 0.05) is 38.8 Å². The van der Waals surface area contributed by atoms with Gasteiger partial charge in [-0.2, -0.15) is 0 Å². The first-order valence-corrected chi connectivity index (χ1v) is 6.48. The number of hydrogen-bond acceptors (Lipinski definition) is 5. The van der Waals surface area contributed by atoms with Gasteiger partial charge in [0.25, 0.3) is 0 Å².